The van der Waals surface area contributed by atoms with Crippen LogP contribution in [0.3, 0.4) is 0 Å². The van der Waals surface area contributed by atoms with Crippen LogP contribution in [0.5, 0.6) is 0 Å². The van der Waals surface area contributed by atoms with Gasteiger partial charge in [0.15, 0.2) is 5.58 Å². The molecule has 0 radical (unpaired) electrons. The molecule has 1 aliphatic heterocycles. The number of nitrogens with zero attached hydrogens (tertiary/aromatic N) is 4. The summed E-state index contributed by atoms with van der Waals surface area (Å²) in [4.78, 5) is 25.2. The molecule has 152 valence electrons. The molecule has 4 aromatic rings. The maximum atomic E-state index is 11.2. The molecular weight excluding hydrogens is 398 g/mol. The van der Waals surface area contributed by atoms with Crippen LogP contribution in [0.2, 0.25) is 0 Å². The highest BCUT2D eigenvalue weighted by atomic mass is 32.1. The standard InChI is InChI=1S/C22H21N5O2S/c23-20(28)15-5-7-16(8-6-15)21-24-17(14-30-21)13-26-9-11-27(12-10-26)22-25-18-3-1-2-4-19(18)29-22/h1-8,14H,9-13H2,(H2,23,28). The molecule has 7 nitrogen and oxygen atoms in total. The van der Waals surface area contributed by atoms with Crippen molar-refractivity contribution in [2.24, 2.45) is 5.73 Å². The van der Waals surface area contributed by atoms with Crippen molar-refractivity contribution in [1.29, 1.82) is 0 Å². The summed E-state index contributed by atoms with van der Waals surface area (Å²) in [7, 11) is 0. The molecule has 8 heteroatoms. The highest BCUT2D eigenvalue weighted by Crippen LogP contribution is 2.26. The zero-order valence-corrected chi connectivity index (χ0v) is 17.1. The van der Waals surface area contributed by atoms with Gasteiger partial charge >= 0.3 is 0 Å². The topological polar surface area (TPSA) is 88.5 Å². The average molecular weight is 420 g/mol. The molecule has 0 spiro atoms. The Morgan fingerprint density at radius 2 is 1.80 bits per heavy atom. The number of primary amides is 1. The van der Waals surface area contributed by atoms with Crippen LogP contribution in [0.4, 0.5) is 6.01 Å². The van der Waals surface area contributed by atoms with Crippen molar-refractivity contribution in [3.63, 3.8) is 0 Å². The SMILES string of the molecule is NC(=O)c1ccc(-c2nc(CN3CCN(c4nc5ccccc5o4)CC3)cs2)cc1. The summed E-state index contributed by atoms with van der Waals surface area (Å²) < 4.78 is 5.89. The van der Waals surface area contributed by atoms with Gasteiger partial charge in [-0.3, -0.25) is 9.69 Å². The van der Waals surface area contributed by atoms with E-state index in [1.165, 1.54) is 0 Å². The summed E-state index contributed by atoms with van der Waals surface area (Å²) in [5.74, 6) is -0.418. The molecule has 1 amide bonds. The second kappa shape index (κ2) is 7.89. The minimum absolute atomic E-state index is 0.418. The lowest BCUT2D eigenvalue weighted by Crippen LogP contribution is -2.46. The first-order chi connectivity index (χ1) is 14.7. The highest BCUT2D eigenvalue weighted by Gasteiger charge is 2.21. The summed E-state index contributed by atoms with van der Waals surface area (Å²) in [5.41, 5.74) is 9.59. The number of aromatic nitrogens is 2. The summed E-state index contributed by atoms with van der Waals surface area (Å²) in [5, 5.41) is 3.05. The number of anilines is 1. The van der Waals surface area contributed by atoms with Crippen molar-refractivity contribution in [3.8, 4) is 10.6 Å². The van der Waals surface area contributed by atoms with Gasteiger partial charge in [-0.05, 0) is 24.3 Å². The molecule has 0 aliphatic carbocycles. The summed E-state index contributed by atoms with van der Waals surface area (Å²) >= 11 is 1.62. The minimum Gasteiger partial charge on any atom is -0.423 e. The average Bonchev–Trinajstić information content (AvgIpc) is 3.41. The predicted octanol–water partition coefficient (Wildman–Crippen LogP) is 3.37. The molecule has 0 saturated carbocycles. The Morgan fingerprint density at radius 1 is 1.03 bits per heavy atom. The summed E-state index contributed by atoms with van der Waals surface area (Å²) in [6, 6.07) is 15.8. The molecule has 1 aliphatic rings. The Balaban J connectivity index is 1.20. The molecule has 0 bridgehead atoms. The molecule has 2 aromatic carbocycles. The fourth-order valence-corrected chi connectivity index (χ4v) is 4.43. The van der Waals surface area contributed by atoms with Gasteiger partial charge in [0.2, 0.25) is 5.91 Å². The van der Waals surface area contributed by atoms with Gasteiger partial charge in [-0.15, -0.1) is 11.3 Å². The van der Waals surface area contributed by atoms with E-state index in [2.05, 4.69) is 20.2 Å². The fourth-order valence-electron chi connectivity index (χ4n) is 3.61. The van der Waals surface area contributed by atoms with E-state index in [0.717, 1.165) is 60.1 Å². The number of para-hydroxylation sites is 2. The highest BCUT2D eigenvalue weighted by molar-refractivity contribution is 7.13. The lowest BCUT2D eigenvalue weighted by Gasteiger charge is -2.33. The van der Waals surface area contributed by atoms with E-state index >= 15 is 0 Å². The number of oxazole rings is 1. The van der Waals surface area contributed by atoms with Gasteiger partial charge < -0.3 is 15.1 Å². The van der Waals surface area contributed by atoms with E-state index in [1.807, 2.05) is 36.4 Å². The van der Waals surface area contributed by atoms with Crippen molar-refractivity contribution >= 4 is 34.4 Å². The molecular formula is C22H21N5O2S. The van der Waals surface area contributed by atoms with Crippen LogP contribution in [0.1, 0.15) is 16.1 Å². The van der Waals surface area contributed by atoms with Gasteiger partial charge in [-0.1, -0.05) is 24.3 Å². The van der Waals surface area contributed by atoms with E-state index < -0.39 is 5.91 Å². The number of thiazole rings is 1. The first kappa shape index (κ1) is 18.8. The Kier molecular flexibility index (Phi) is 4.94. The number of amides is 1. The largest absolute Gasteiger partial charge is 0.423 e. The number of nitrogens with two attached hydrogens (primary N) is 1. The molecule has 2 aromatic heterocycles. The third-order valence-electron chi connectivity index (χ3n) is 5.28. The molecule has 2 N–H and O–H groups in total. The predicted molar refractivity (Wildman–Crippen MR) is 118 cm³/mol. The lowest BCUT2D eigenvalue weighted by atomic mass is 10.1. The Labute approximate surface area is 177 Å². The van der Waals surface area contributed by atoms with E-state index in [0.29, 0.717) is 11.6 Å². The molecule has 0 atom stereocenters. The Bertz CT molecular complexity index is 1140. The van der Waals surface area contributed by atoms with Gasteiger partial charge in [-0.25, -0.2) is 4.98 Å². The number of fused-ring (bicyclic) bond motifs is 1. The van der Waals surface area contributed by atoms with Crippen LogP contribution in [0, 0.1) is 0 Å². The summed E-state index contributed by atoms with van der Waals surface area (Å²) in [6.07, 6.45) is 0. The van der Waals surface area contributed by atoms with Crippen molar-refractivity contribution in [2.75, 3.05) is 31.1 Å². The molecule has 30 heavy (non-hydrogen) atoms. The Morgan fingerprint density at radius 3 is 2.53 bits per heavy atom. The molecule has 0 unspecified atom stereocenters. The second-order valence-electron chi connectivity index (χ2n) is 7.31. The van der Waals surface area contributed by atoms with Gasteiger partial charge in [0.25, 0.3) is 6.01 Å². The third kappa shape index (κ3) is 3.79. The van der Waals surface area contributed by atoms with Gasteiger partial charge in [0, 0.05) is 49.2 Å². The van der Waals surface area contributed by atoms with Crippen molar-refractivity contribution in [1.82, 2.24) is 14.9 Å². The maximum Gasteiger partial charge on any atom is 0.298 e. The van der Waals surface area contributed by atoms with Crippen molar-refractivity contribution in [2.45, 2.75) is 6.54 Å². The zero-order valence-electron chi connectivity index (χ0n) is 16.3. The first-order valence-corrected chi connectivity index (χ1v) is 10.7. The number of benzene rings is 2. The normalized spacial score (nSPS) is 15.0. The monoisotopic (exact) mass is 419 g/mol. The molecule has 1 saturated heterocycles. The smallest absolute Gasteiger partial charge is 0.298 e. The maximum absolute atomic E-state index is 11.2. The van der Waals surface area contributed by atoms with Crippen LogP contribution >= 0.6 is 11.3 Å². The quantitative estimate of drug-likeness (QED) is 0.534. The number of rotatable bonds is 5. The van der Waals surface area contributed by atoms with E-state index in [1.54, 1.807) is 23.5 Å². The number of hydrogen-bond donors (Lipinski definition) is 1. The first-order valence-electron chi connectivity index (χ1n) is 9.83. The lowest BCUT2D eigenvalue weighted by molar-refractivity contribution is 0.100. The summed E-state index contributed by atoms with van der Waals surface area (Å²) in [6.45, 7) is 4.42. The third-order valence-corrected chi connectivity index (χ3v) is 6.22. The van der Waals surface area contributed by atoms with E-state index in [9.17, 15) is 4.79 Å². The van der Waals surface area contributed by atoms with E-state index in [-0.39, 0.29) is 0 Å². The van der Waals surface area contributed by atoms with Crippen LogP contribution in [-0.4, -0.2) is 47.0 Å². The number of carbonyl (C=O) groups excluding carboxylic acids is 1. The van der Waals surface area contributed by atoms with Crippen LogP contribution in [0.15, 0.2) is 58.3 Å². The molecule has 5 rings (SSSR count). The van der Waals surface area contributed by atoms with Gasteiger partial charge in [0.1, 0.15) is 10.5 Å². The van der Waals surface area contributed by atoms with Crippen LogP contribution < -0.4 is 10.6 Å². The minimum atomic E-state index is -0.418. The second-order valence-corrected chi connectivity index (χ2v) is 8.17. The van der Waals surface area contributed by atoms with Gasteiger partial charge in [0.05, 0.1) is 5.69 Å². The Hall–Kier alpha value is -3.23. The number of hydrogen-bond acceptors (Lipinski definition) is 7. The molecule has 3 heterocycles. The van der Waals surface area contributed by atoms with Crippen LogP contribution in [-0.2, 0) is 6.54 Å². The van der Waals surface area contributed by atoms with Crippen molar-refractivity contribution in [3.05, 3.63) is 65.2 Å². The number of piperazine rings is 1. The van der Waals surface area contributed by atoms with Gasteiger partial charge in [-0.2, -0.15) is 4.98 Å². The number of carbonyl (C=O) groups is 1. The molecule has 1 fully saturated rings. The van der Waals surface area contributed by atoms with Crippen molar-refractivity contribution < 1.29 is 9.21 Å². The van der Waals surface area contributed by atoms with E-state index in [4.69, 9.17) is 15.1 Å². The van der Waals surface area contributed by atoms with Crippen LogP contribution in [0.25, 0.3) is 21.7 Å². The zero-order chi connectivity index (χ0) is 20.5. The fraction of sp³-hybridized carbons (Fsp3) is 0.227.